The van der Waals surface area contributed by atoms with E-state index < -0.39 is 30.4 Å². The first-order valence-electron chi connectivity index (χ1n) is 11.2. The smallest absolute Gasteiger partial charge is 0.281 e. The molecule has 2 aromatic carbocycles. The molecule has 0 radical (unpaired) electrons. The molecule has 8 heteroatoms. The number of aliphatic hydroxyl groups is 1. The van der Waals surface area contributed by atoms with Gasteiger partial charge in [-0.2, -0.15) is 5.26 Å². The molecule has 2 unspecified atom stereocenters. The molecule has 0 spiro atoms. The molecule has 2 atom stereocenters. The van der Waals surface area contributed by atoms with Gasteiger partial charge in [-0.15, -0.1) is 0 Å². The Labute approximate surface area is 198 Å². The topological polar surface area (TPSA) is 72.7 Å². The number of rotatable bonds is 5. The minimum absolute atomic E-state index is 0.0369. The highest BCUT2D eigenvalue weighted by atomic mass is 19.3. The highest BCUT2D eigenvalue weighted by Gasteiger charge is 2.49. The van der Waals surface area contributed by atoms with Crippen molar-refractivity contribution in [3.05, 3.63) is 88.0 Å². The number of aromatic nitrogens is 2. The van der Waals surface area contributed by atoms with Crippen LogP contribution in [0, 0.1) is 17.1 Å². The number of fused-ring (bicyclic) bond motifs is 2. The second kappa shape index (κ2) is 8.51. The number of nitrogens with one attached hydrogen (secondary N) is 1. The summed E-state index contributed by atoms with van der Waals surface area (Å²) < 4.78 is 58.4. The van der Waals surface area contributed by atoms with E-state index in [1.54, 1.807) is 37.5 Å². The molecule has 0 bridgehead atoms. The van der Waals surface area contributed by atoms with Crippen molar-refractivity contribution < 1.29 is 22.7 Å². The molecule has 0 fully saturated rings. The van der Waals surface area contributed by atoms with Crippen molar-refractivity contribution >= 4 is 11.0 Å². The van der Waals surface area contributed by atoms with Crippen LogP contribution in [0.2, 0.25) is 0 Å². The third-order valence-electron chi connectivity index (χ3n) is 6.71. The predicted molar refractivity (Wildman–Crippen MR) is 123 cm³/mol. The highest BCUT2D eigenvalue weighted by Crippen LogP contribution is 2.49. The number of halogens is 4. The summed E-state index contributed by atoms with van der Waals surface area (Å²) in [5, 5.41) is 20.9. The number of hydrogen-bond acceptors (Lipinski definition) is 3. The van der Waals surface area contributed by atoms with Crippen molar-refractivity contribution in [2.45, 2.75) is 44.4 Å². The molecule has 35 heavy (non-hydrogen) atoms. The number of benzene rings is 2. The van der Waals surface area contributed by atoms with E-state index in [0.717, 1.165) is 17.5 Å². The lowest BCUT2D eigenvalue weighted by Gasteiger charge is -2.18. The van der Waals surface area contributed by atoms with Gasteiger partial charge in [0.15, 0.2) is 0 Å². The number of H-pyrrole nitrogens is 1. The van der Waals surface area contributed by atoms with Gasteiger partial charge in [-0.25, -0.2) is 22.5 Å². The summed E-state index contributed by atoms with van der Waals surface area (Å²) in [4.78, 5) is 7.26. The molecule has 1 aliphatic carbocycles. The number of nitriles is 1. The zero-order valence-electron chi connectivity index (χ0n) is 18.7. The Morgan fingerprint density at radius 2 is 2.06 bits per heavy atom. The Kier molecular flexibility index (Phi) is 5.60. The average molecular weight is 479 g/mol. The Morgan fingerprint density at radius 1 is 1.26 bits per heavy atom. The Balaban J connectivity index is 1.70. The molecule has 4 aromatic rings. The lowest BCUT2D eigenvalue weighted by atomic mass is 9.87. The molecule has 1 aliphatic rings. The van der Waals surface area contributed by atoms with E-state index in [4.69, 9.17) is 0 Å². The molecule has 0 saturated carbocycles. The molecule has 0 amide bonds. The summed E-state index contributed by atoms with van der Waals surface area (Å²) in [6.07, 6.45) is -0.924. The van der Waals surface area contributed by atoms with Crippen LogP contribution in [0.1, 0.15) is 59.0 Å². The Bertz CT molecular complexity index is 1490. The van der Waals surface area contributed by atoms with Crippen LogP contribution in [0.5, 0.6) is 0 Å². The number of pyridine rings is 1. The maximum Gasteiger partial charge on any atom is 0.281 e. The lowest BCUT2D eigenvalue weighted by molar-refractivity contribution is -0.0966. The van der Waals surface area contributed by atoms with Gasteiger partial charge in [0.1, 0.15) is 23.7 Å². The summed E-state index contributed by atoms with van der Waals surface area (Å²) in [5.41, 5.74) is 2.72. The Hall–Kier alpha value is -3.70. The van der Waals surface area contributed by atoms with Crippen molar-refractivity contribution in [2.24, 2.45) is 0 Å². The van der Waals surface area contributed by atoms with Crippen LogP contribution in [0.4, 0.5) is 17.6 Å². The van der Waals surface area contributed by atoms with Crippen LogP contribution < -0.4 is 0 Å². The number of aliphatic hydroxyl groups excluding tert-OH is 1. The van der Waals surface area contributed by atoms with Crippen molar-refractivity contribution in [1.29, 1.82) is 5.26 Å². The van der Waals surface area contributed by atoms with E-state index in [-0.39, 0.29) is 40.7 Å². The summed E-state index contributed by atoms with van der Waals surface area (Å²) in [7, 11) is 0. The zero-order chi connectivity index (χ0) is 24.9. The van der Waals surface area contributed by atoms with Gasteiger partial charge in [-0.3, -0.25) is 0 Å². The molecule has 2 N–H and O–H groups in total. The van der Waals surface area contributed by atoms with Gasteiger partial charge in [-0.05, 0) is 70.5 Å². The standard InChI is InChI=1S/C27H21F4N3O/c1-2-23(29)20-10-16(28)8-15(12-32)19(20)9-14-5-6-17(24-21(14)11-27(30,31)25(24)35)22-13-34-26-18(22)4-3-7-33-26/h3-8,10,13,23,25,35H,2,9,11H2,1H3,(H,33,34). The minimum Gasteiger partial charge on any atom is -0.382 e. The molecular formula is C27H21F4N3O. The molecule has 4 nitrogen and oxygen atoms in total. The van der Waals surface area contributed by atoms with Crippen molar-refractivity contribution in [1.82, 2.24) is 9.97 Å². The van der Waals surface area contributed by atoms with Crippen LogP contribution in [-0.4, -0.2) is 21.0 Å². The van der Waals surface area contributed by atoms with Crippen molar-refractivity contribution in [3.63, 3.8) is 0 Å². The van der Waals surface area contributed by atoms with Gasteiger partial charge in [-0.1, -0.05) is 19.1 Å². The van der Waals surface area contributed by atoms with Crippen molar-refractivity contribution in [2.75, 3.05) is 0 Å². The number of alkyl halides is 3. The number of hydrogen-bond donors (Lipinski definition) is 2. The number of nitrogens with zero attached hydrogens (tertiary/aromatic N) is 2. The molecule has 178 valence electrons. The van der Waals surface area contributed by atoms with Gasteiger partial charge in [0, 0.05) is 29.8 Å². The predicted octanol–water partition coefficient (Wildman–Crippen LogP) is 6.48. The molecule has 0 saturated heterocycles. The van der Waals surface area contributed by atoms with Crippen LogP contribution >= 0.6 is 0 Å². The van der Waals surface area contributed by atoms with Gasteiger partial charge >= 0.3 is 0 Å². The van der Waals surface area contributed by atoms with Crippen LogP contribution in [-0.2, 0) is 12.8 Å². The summed E-state index contributed by atoms with van der Waals surface area (Å²) >= 11 is 0. The molecule has 2 aromatic heterocycles. The first-order valence-corrected chi connectivity index (χ1v) is 11.2. The van der Waals surface area contributed by atoms with Crippen LogP contribution in [0.3, 0.4) is 0 Å². The van der Waals surface area contributed by atoms with Gasteiger partial charge in [0.05, 0.1) is 11.6 Å². The Morgan fingerprint density at radius 3 is 2.80 bits per heavy atom. The minimum atomic E-state index is -3.40. The SMILES string of the molecule is CCC(F)c1cc(F)cc(C#N)c1Cc1ccc(-c2c[nH]c3ncccc23)c2c1CC(F)(F)C2O. The summed E-state index contributed by atoms with van der Waals surface area (Å²) in [6.45, 7) is 1.60. The molecule has 2 heterocycles. The third kappa shape index (κ3) is 3.76. The fourth-order valence-corrected chi connectivity index (χ4v) is 5.00. The van der Waals surface area contributed by atoms with E-state index in [1.807, 2.05) is 12.1 Å². The largest absolute Gasteiger partial charge is 0.382 e. The maximum absolute atomic E-state index is 14.8. The third-order valence-corrected chi connectivity index (χ3v) is 6.71. The average Bonchev–Trinajstić information content (AvgIpc) is 3.38. The fourth-order valence-electron chi connectivity index (χ4n) is 5.00. The highest BCUT2D eigenvalue weighted by molar-refractivity contribution is 5.95. The number of aromatic amines is 1. The first kappa shape index (κ1) is 23.1. The van der Waals surface area contributed by atoms with Gasteiger partial charge in [0.25, 0.3) is 5.92 Å². The fraction of sp³-hybridized carbons (Fsp3) is 0.259. The normalized spacial score (nSPS) is 17.3. The van der Waals surface area contributed by atoms with Gasteiger partial charge < -0.3 is 10.1 Å². The van der Waals surface area contributed by atoms with Crippen molar-refractivity contribution in [3.8, 4) is 17.2 Å². The lowest BCUT2D eigenvalue weighted by Crippen LogP contribution is -2.21. The molecule has 5 rings (SSSR count). The second-order valence-corrected chi connectivity index (χ2v) is 8.79. The molecular weight excluding hydrogens is 458 g/mol. The zero-order valence-corrected chi connectivity index (χ0v) is 18.7. The van der Waals surface area contributed by atoms with Gasteiger partial charge in [0.2, 0.25) is 0 Å². The van der Waals surface area contributed by atoms with E-state index in [1.165, 1.54) is 0 Å². The maximum atomic E-state index is 14.8. The van der Waals surface area contributed by atoms with E-state index in [2.05, 4.69) is 9.97 Å². The first-order chi connectivity index (χ1) is 16.7. The summed E-state index contributed by atoms with van der Waals surface area (Å²) in [5.74, 6) is -4.13. The van der Waals surface area contributed by atoms with Crippen LogP contribution in [0.15, 0.2) is 48.8 Å². The van der Waals surface area contributed by atoms with E-state index >= 15 is 0 Å². The monoisotopic (exact) mass is 479 g/mol. The second-order valence-electron chi connectivity index (χ2n) is 8.79. The quantitative estimate of drug-likeness (QED) is 0.322. The van der Waals surface area contributed by atoms with E-state index in [0.29, 0.717) is 22.3 Å². The van der Waals surface area contributed by atoms with Crippen LogP contribution in [0.25, 0.3) is 22.2 Å². The van der Waals surface area contributed by atoms with E-state index in [9.17, 15) is 27.9 Å². The molecule has 0 aliphatic heterocycles. The summed E-state index contributed by atoms with van der Waals surface area (Å²) in [6, 6.07) is 10.8.